The molecule has 0 fully saturated rings. The van der Waals surface area contributed by atoms with E-state index in [1.54, 1.807) is 20.8 Å². The summed E-state index contributed by atoms with van der Waals surface area (Å²) >= 11 is 1.51. The molecule has 0 atom stereocenters. The number of nitrogens with one attached hydrogen (secondary N) is 1. The lowest BCUT2D eigenvalue weighted by molar-refractivity contribution is -0.385. The summed E-state index contributed by atoms with van der Waals surface area (Å²) < 4.78 is 27.0. The van der Waals surface area contributed by atoms with Gasteiger partial charge >= 0.3 is 0 Å². The molecule has 0 aliphatic carbocycles. The summed E-state index contributed by atoms with van der Waals surface area (Å²) in [6, 6.07) is 7.46. The average molecular weight is 396 g/mol. The van der Waals surface area contributed by atoms with E-state index < -0.39 is 14.9 Å². The highest BCUT2D eigenvalue weighted by atomic mass is 32.2. The first-order chi connectivity index (χ1) is 12.3. The molecule has 2 rings (SSSR count). The summed E-state index contributed by atoms with van der Waals surface area (Å²) in [4.78, 5) is 11.2. The monoisotopic (exact) mass is 396 g/mol. The van der Waals surface area contributed by atoms with Gasteiger partial charge in [-0.3, -0.25) is 15.5 Å². The third-order valence-corrected chi connectivity index (χ3v) is 6.79. The first kappa shape index (κ1) is 20.0. The van der Waals surface area contributed by atoms with Crippen molar-refractivity contribution in [2.75, 3.05) is 18.5 Å². The number of thiophene rings is 1. The SMILES string of the molecule is CCN(CC)S(=O)(=O)c1cc([N+](=O)[O-])ccc1N/N=C(\C)c1cccs1. The maximum absolute atomic E-state index is 12.9. The van der Waals surface area contributed by atoms with Crippen LogP contribution < -0.4 is 5.43 Å². The highest BCUT2D eigenvalue weighted by molar-refractivity contribution is 7.89. The van der Waals surface area contributed by atoms with Crippen molar-refractivity contribution in [3.63, 3.8) is 0 Å². The Labute approximate surface area is 156 Å². The summed E-state index contributed by atoms with van der Waals surface area (Å²) in [5, 5.41) is 17.2. The molecule has 1 N–H and O–H groups in total. The molecule has 8 nitrogen and oxygen atoms in total. The largest absolute Gasteiger partial charge is 0.277 e. The van der Waals surface area contributed by atoms with Crippen LogP contribution in [0.1, 0.15) is 25.6 Å². The number of non-ortho nitro benzene ring substituents is 1. The van der Waals surface area contributed by atoms with Crippen LogP contribution in [0.3, 0.4) is 0 Å². The maximum Gasteiger partial charge on any atom is 0.270 e. The number of hydrogen-bond donors (Lipinski definition) is 1. The van der Waals surface area contributed by atoms with Gasteiger partial charge in [-0.05, 0) is 24.4 Å². The van der Waals surface area contributed by atoms with Crippen molar-refractivity contribution in [1.82, 2.24) is 4.31 Å². The van der Waals surface area contributed by atoms with Crippen molar-refractivity contribution in [1.29, 1.82) is 0 Å². The molecule has 0 saturated carbocycles. The van der Waals surface area contributed by atoms with E-state index in [9.17, 15) is 18.5 Å². The lowest BCUT2D eigenvalue weighted by Gasteiger charge is -2.20. The molecule has 1 heterocycles. The van der Waals surface area contributed by atoms with Gasteiger partial charge < -0.3 is 0 Å². The summed E-state index contributed by atoms with van der Waals surface area (Å²) in [6.07, 6.45) is 0. The molecule has 0 spiro atoms. The minimum Gasteiger partial charge on any atom is -0.277 e. The topological polar surface area (TPSA) is 105 Å². The van der Waals surface area contributed by atoms with Crippen molar-refractivity contribution in [3.8, 4) is 0 Å². The zero-order chi connectivity index (χ0) is 19.3. The lowest BCUT2D eigenvalue weighted by Crippen LogP contribution is -2.31. The molecule has 0 bridgehead atoms. The van der Waals surface area contributed by atoms with Crippen molar-refractivity contribution >= 4 is 38.4 Å². The lowest BCUT2D eigenvalue weighted by atomic mass is 10.3. The van der Waals surface area contributed by atoms with Gasteiger partial charge in [-0.15, -0.1) is 11.3 Å². The van der Waals surface area contributed by atoms with E-state index in [1.807, 2.05) is 17.5 Å². The number of rotatable bonds is 8. The number of benzene rings is 1. The Morgan fingerprint density at radius 3 is 2.54 bits per heavy atom. The fraction of sp³-hybridized carbons (Fsp3) is 0.312. The van der Waals surface area contributed by atoms with E-state index >= 15 is 0 Å². The highest BCUT2D eigenvalue weighted by Crippen LogP contribution is 2.29. The normalized spacial score (nSPS) is 12.4. The van der Waals surface area contributed by atoms with Gasteiger partial charge in [0, 0.05) is 30.1 Å². The van der Waals surface area contributed by atoms with Crippen LogP contribution in [0.25, 0.3) is 0 Å². The van der Waals surface area contributed by atoms with Crippen molar-refractivity contribution in [3.05, 3.63) is 50.7 Å². The van der Waals surface area contributed by atoms with E-state index in [0.29, 0.717) is 5.71 Å². The molecular weight excluding hydrogens is 376 g/mol. The second-order valence-electron chi connectivity index (χ2n) is 5.31. The third-order valence-electron chi connectivity index (χ3n) is 3.72. The van der Waals surface area contributed by atoms with Crippen LogP contribution in [-0.4, -0.2) is 36.4 Å². The fourth-order valence-corrected chi connectivity index (χ4v) is 4.61. The molecule has 0 radical (unpaired) electrons. The summed E-state index contributed by atoms with van der Waals surface area (Å²) in [5.74, 6) is 0. The number of nitro groups is 1. The molecule has 10 heteroatoms. The number of hydrazone groups is 1. The number of sulfonamides is 1. The van der Waals surface area contributed by atoms with Crippen molar-refractivity contribution < 1.29 is 13.3 Å². The molecule has 0 unspecified atom stereocenters. The molecular formula is C16H20N4O4S2. The molecule has 0 aliphatic rings. The Bertz CT molecular complexity index is 904. The summed E-state index contributed by atoms with van der Waals surface area (Å²) in [6.45, 7) is 5.74. The zero-order valence-corrected chi connectivity index (χ0v) is 16.3. The van der Waals surface area contributed by atoms with E-state index in [0.717, 1.165) is 10.9 Å². The van der Waals surface area contributed by atoms with Crippen LogP contribution in [0.4, 0.5) is 11.4 Å². The summed E-state index contributed by atoms with van der Waals surface area (Å²) in [7, 11) is -3.89. The van der Waals surface area contributed by atoms with Crippen molar-refractivity contribution in [2.24, 2.45) is 5.10 Å². The molecule has 0 amide bonds. The molecule has 1 aromatic carbocycles. The number of nitro benzene ring substituents is 1. The fourth-order valence-electron chi connectivity index (χ4n) is 2.32. The molecule has 1 aromatic heterocycles. The van der Waals surface area contributed by atoms with Gasteiger partial charge in [0.1, 0.15) is 4.90 Å². The van der Waals surface area contributed by atoms with Crippen molar-refractivity contribution in [2.45, 2.75) is 25.7 Å². The molecule has 0 aliphatic heterocycles. The summed E-state index contributed by atoms with van der Waals surface area (Å²) in [5.41, 5.74) is 3.33. The Balaban J connectivity index is 2.49. The predicted molar refractivity (Wildman–Crippen MR) is 103 cm³/mol. The van der Waals surface area contributed by atoms with Gasteiger partial charge in [-0.25, -0.2) is 8.42 Å². The predicted octanol–water partition coefficient (Wildman–Crippen LogP) is 3.52. The maximum atomic E-state index is 12.9. The van der Waals surface area contributed by atoms with Crippen LogP contribution in [0.5, 0.6) is 0 Å². The van der Waals surface area contributed by atoms with Gasteiger partial charge in [-0.2, -0.15) is 9.41 Å². The molecule has 2 aromatic rings. The van der Waals surface area contributed by atoms with Crippen LogP contribution in [0.2, 0.25) is 0 Å². The number of nitrogens with zero attached hydrogens (tertiary/aromatic N) is 3. The van der Waals surface area contributed by atoms with Crippen LogP contribution in [-0.2, 0) is 10.0 Å². The Morgan fingerprint density at radius 2 is 2.00 bits per heavy atom. The van der Waals surface area contributed by atoms with Gasteiger partial charge in [0.2, 0.25) is 10.0 Å². The zero-order valence-electron chi connectivity index (χ0n) is 14.7. The average Bonchev–Trinajstić information content (AvgIpc) is 3.15. The number of anilines is 1. The first-order valence-corrected chi connectivity index (χ1v) is 10.3. The smallest absolute Gasteiger partial charge is 0.270 e. The second-order valence-corrected chi connectivity index (χ2v) is 8.17. The molecule has 0 saturated heterocycles. The highest BCUT2D eigenvalue weighted by Gasteiger charge is 2.27. The van der Waals surface area contributed by atoms with E-state index in [1.165, 1.54) is 27.8 Å². The van der Waals surface area contributed by atoms with Crippen LogP contribution in [0.15, 0.2) is 45.7 Å². The number of hydrogen-bond acceptors (Lipinski definition) is 7. The Morgan fingerprint density at radius 1 is 1.31 bits per heavy atom. The Kier molecular flexibility index (Phi) is 6.46. The van der Waals surface area contributed by atoms with E-state index in [-0.39, 0.29) is 29.4 Å². The Hall–Kier alpha value is -2.30. The van der Waals surface area contributed by atoms with Gasteiger partial charge in [0.15, 0.2) is 0 Å². The minimum atomic E-state index is -3.89. The molecule has 26 heavy (non-hydrogen) atoms. The van der Waals surface area contributed by atoms with Crippen LogP contribution >= 0.6 is 11.3 Å². The first-order valence-electron chi connectivity index (χ1n) is 7.94. The van der Waals surface area contributed by atoms with Crippen LogP contribution in [0, 0.1) is 10.1 Å². The quantitative estimate of drug-likeness (QED) is 0.417. The van der Waals surface area contributed by atoms with Gasteiger partial charge in [0.05, 0.1) is 16.3 Å². The standard InChI is InChI=1S/C16H20N4O4S2/c1-4-19(5-2)26(23,24)16-11-13(20(21)22)8-9-14(16)18-17-12(3)15-7-6-10-25-15/h6-11,18H,4-5H2,1-3H3/b17-12+. The van der Waals surface area contributed by atoms with Gasteiger partial charge in [-0.1, -0.05) is 19.9 Å². The minimum absolute atomic E-state index is 0.168. The van der Waals surface area contributed by atoms with Gasteiger partial charge in [0.25, 0.3) is 5.69 Å². The van der Waals surface area contributed by atoms with E-state index in [2.05, 4.69) is 10.5 Å². The molecule has 140 valence electrons. The second kappa shape index (κ2) is 8.39. The third kappa shape index (κ3) is 4.26. The van der Waals surface area contributed by atoms with E-state index in [4.69, 9.17) is 0 Å².